The van der Waals surface area contributed by atoms with Crippen LogP contribution in [-0.4, -0.2) is 4.98 Å². The summed E-state index contributed by atoms with van der Waals surface area (Å²) in [6.45, 7) is 2.09. The van der Waals surface area contributed by atoms with Crippen LogP contribution in [-0.2, 0) is 0 Å². The molecule has 0 aliphatic heterocycles. The maximum Gasteiger partial charge on any atom is 0.0715 e. The van der Waals surface area contributed by atoms with Crippen molar-refractivity contribution >= 4 is 15.9 Å². The van der Waals surface area contributed by atoms with E-state index in [1.165, 1.54) is 11.1 Å². The van der Waals surface area contributed by atoms with Crippen molar-refractivity contribution in [2.45, 2.75) is 6.92 Å². The zero-order chi connectivity index (χ0) is 9.97. The average Bonchev–Trinajstić information content (AvgIpc) is 2.19. The predicted octanol–water partition coefficient (Wildman–Crippen LogP) is 3.82. The minimum atomic E-state index is 1.01. The number of aryl methyl sites for hydroxylation is 1. The predicted molar refractivity (Wildman–Crippen MR) is 62.1 cm³/mol. The van der Waals surface area contributed by atoms with Crippen molar-refractivity contribution in [2.75, 3.05) is 0 Å². The van der Waals surface area contributed by atoms with Gasteiger partial charge in [-0.15, -0.1) is 0 Å². The summed E-state index contributed by atoms with van der Waals surface area (Å²) in [5, 5.41) is 0. The third-order valence-corrected chi connectivity index (χ3v) is 2.80. The minimum Gasteiger partial charge on any atom is -0.256 e. The molecule has 0 unspecified atom stereocenters. The van der Waals surface area contributed by atoms with Crippen molar-refractivity contribution < 1.29 is 0 Å². The SMILES string of the molecule is Cc1cccc(Br)c1-c1ccccn1. The summed E-state index contributed by atoms with van der Waals surface area (Å²) in [7, 11) is 0. The number of pyridine rings is 1. The fraction of sp³-hybridized carbons (Fsp3) is 0.0833. The molecule has 0 fully saturated rings. The fourth-order valence-electron chi connectivity index (χ4n) is 1.47. The zero-order valence-electron chi connectivity index (χ0n) is 7.87. The molecular formula is C12H10BrN. The van der Waals surface area contributed by atoms with E-state index in [9.17, 15) is 0 Å². The molecule has 0 aliphatic carbocycles. The van der Waals surface area contributed by atoms with E-state index in [0.29, 0.717) is 0 Å². The van der Waals surface area contributed by atoms with Gasteiger partial charge in [-0.3, -0.25) is 4.98 Å². The molecule has 1 aromatic carbocycles. The summed E-state index contributed by atoms with van der Waals surface area (Å²) in [4.78, 5) is 4.34. The quantitative estimate of drug-likeness (QED) is 0.747. The second-order valence-corrected chi connectivity index (χ2v) is 4.00. The van der Waals surface area contributed by atoms with Crippen LogP contribution < -0.4 is 0 Å². The molecule has 0 saturated carbocycles. The van der Waals surface area contributed by atoms with Crippen LogP contribution in [0.25, 0.3) is 11.3 Å². The van der Waals surface area contributed by atoms with E-state index in [1.54, 1.807) is 0 Å². The number of halogens is 1. The second-order valence-electron chi connectivity index (χ2n) is 3.15. The van der Waals surface area contributed by atoms with Crippen LogP contribution in [0, 0.1) is 6.92 Å². The molecule has 0 aliphatic rings. The maximum atomic E-state index is 4.34. The Kier molecular flexibility index (Phi) is 2.64. The van der Waals surface area contributed by atoms with Crippen molar-refractivity contribution in [2.24, 2.45) is 0 Å². The molecular weight excluding hydrogens is 238 g/mol. The number of rotatable bonds is 1. The highest BCUT2D eigenvalue weighted by molar-refractivity contribution is 9.10. The van der Waals surface area contributed by atoms with Crippen molar-refractivity contribution in [1.29, 1.82) is 0 Å². The molecule has 0 radical (unpaired) electrons. The normalized spacial score (nSPS) is 10.1. The topological polar surface area (TPSA) is 12.9 Å². The van der Waals surface area contributed by atoms with Crippen LogP contribution in [0.5, 0.6) is 0 Å². The summed E-state index contributed by atoms with van der Waals surface area (Å²) in [5.41, 5.74) is 3.42. The van der Waals surface area contributed by atoms with E-state index < -0.39 is 0 Å². The van der Waals surface area contributed by atoms with Crippen molar-refractivity contribution in [3.63, 3.8) is 0 Å². The van der Waals surface area contributed by atoms with Crippen molar-refractivity contribution in [3.05, 3.63) is 52.6 Å². The fourth-order valence-corrected chi connectivity index (χ4v) is 2.14. The third-order valence-electron chi connectivity index (χ3n) is 2.14. The first-order valence-electron chi connectivity index (χ1n) is 4.45. The van der Waals surface area contributed by atoms with Crippen molar-refractivity contribution in [1.82, 2.24) is 4.98 Å². The molecule has 2 aromatic rings. The molecule has 0 atom stereocenters. The van der Waals surface area contributed by atoms with E-state index in [1.807, 2.05) is 36.5 Å². The number of hydrogen-bond acceptors (Lipinski definition) is 1. The van der Waals surface area contributed by atoms with E-state index >= 15 is 0 Å². The van der Waals surface area contributed by atoms with Crippen LogP contribution in [0.3, 0.4) is 0 Å². The second kappa shape index (κ2) is 3.93. The molecule has 70 valence electrons. The first kappa shape index (κ1) is 9.41. The van der Waals surface area contributed by atoms with Gasteiger partial charge in [-0.1, -0.05) is 34.1 Å². The molecule has 0 N–H and O–H groups in total. The summed E-state index contributed by atoms with van der Waals surface area (Å²) in [6.07, 6.45) is 1.81. The lowest BCUT2D eigenvalue weighted by Gasteiger charge is -2.06. The Hall–Kier alpha value is -1.15. The van der Waals surface area contributed by atoms with Crippen molar-refractivity contribution in [3.8, 4) is 11.3 Å². The first-order chi connectivity index (χ1) is 6.79. The van der Waals surface area contributed by atoms with Gasteiger partial charge in [0.1, 0.15) is 0 Å². The number of aromatic nitrogens is 1. The Balaban J connectivity index is 2.63. The number of hydrogen-bond donors (Lipinski definition) is 0. The molecule has 0 saturated heterocycles. The molecule has 1 heterocycles. The Morgan fingerprint density at radius 2 is 1.93 bits per heavy atom. The van der Waals surface area contributed by atoms with Gasteiger partial charge < -0.3 is 0 Å². The largest absolute Gasteiger partial charge is 0.256 e. The molecule has 2 heteroatoms. The maximum absolute atomic E-state index is 4.34. The van der Waals surface area contributed by atoms with E-state index in [4.69, 9.17) is 0 Å². The van der Waals surface area contributed by atoms with E-state index in [2.05, 4.69) is 33.9 Å². The van der Waals surface area contributed by atoms with Gasteiger partial charge in [-0.2, -0.15) is 0 Å². The van der Waals surface area contributed by atoms with Gasteiger partial charge in [0, 0.05) is 16.2 Å². The molecule has 1 nitrogen and oxygen atoms in total. The van der Waals surface area contributed by atoms with Gasteiger partial charge in [-0.05, 0) is 30.7 Å². The lowest BCUT2D eigenvalue weighted by Crippen LogP contribution is -1.87. The van der Waals surface area contributed by atoms with Crippen LogP contribution in [0.1, 0.15) is 5.56 Å². The third kappa shape index (κ3) is 1.70. The zero-order valence-corrected chi connectivity index (χ0v) is 9.45. The summed E-state index contributed by atoms with van der Waals surface area (Å²) < 4.78 is 1.09. The van der Waals surface area contributed by atoms with Gasteiger partial charge in [-0.25, -0.2) is 0 Å². The van der Waals surface area contributed by atoms with Gasteiger partial charge in [0.2, 0.25) is 0 Å². The Morgan fingerprint density at radius 3 is 2.57 bits per heavy atom. The standard InChI is InChI=1S/C12H10BrN/c1-9-5-4-6-10(13)12(9)11-7-2-3-8-14-11/h2-8H,1H3. The monoisotopic (exact) mass is 247 g/mol. The summed E-state index contributed by atoms with van der Waals surface area (Å²) >= 11 is 3.54. The number of nitrogens with zero attached hydrogens (tertiary/aromatic N) is 1. The molecule has 0 amide bonds. The van der Waals surface area contributed by atoms with Crippen LogP contribution >= 0.6 is 15.9 Å². The van der Waals surface area contributed by atoms with E-state index in [0.717, 1.165) is 10.2 Å². The Bertz CT molecular complexity index is 417. The Morgan fingerprint density at radius 1 is 1.07 bits per heavy atom. The molecule has 2 rings (SSSR count). The highest BCUT2D eigenvalue weighted by Crippen LogP contribution is 2.29. The van der Waals surface area contributed by atoms with Crippen LogP contribution in [0.2, 0.25) is 0 Å². The lowest BCUT2D eigenvalue weighted by atomic mass is 10.1. The average molecular weight is 248 g/mol. The summed E-state index contributed by atoms with van der Waals surface area (Å²) in [5.74, 6) is 0. The van der Waals surface area contributed by atoms with Gasteiger partial charge in [0.05, 0.1) is 5.69 Å². The highest BCUT2D eigenvalue weighted by Gasteiger charge is 2.05. The number of benzene rings is 1. The smallest absolute Gasteiger partial charge is 0.0715 e. The summed E-state index contributed by atoms with van der Waals surface area (Å²) in [6, 6.07) is 12.1. The minimum absolute atomic E-state index is 1.01. The van der Waals surface area contributed by atoms with Gasteiger partial charge in [0.15, 0.2) is 0 Å². The molecule has 0 spiro atoms. The lowest BCUT2D eigenvalue weighted by molar-refractivity contribution is 1.30. The van der Waals surface area contributed by atoms with Gasteiger partial charge in [0.25, 0.3) is 0 Å². The van der Waals surface area contributed by atoms with Crippen LogP contribution in [0.15, 0.2) is 47.1 Å². The first-order valence-corrected chi connectivity index (χ1v) is 5.25. The molecule has 14 heavy (non-hydrogen) atoms. The molecule has 1 aromatic heterocycles. The highest BCUT2D eigenvalue weighted by atomic mass is 79.9. The van der Waals surface area contributed by atoms with Crippen LogP contribution in [0.4, 0.5) is 0 Å². The van der Waals surface area contributed by atoms with E-state index in [-0.39, 0.29) is 0 Å². The van der Waals surface area contributed by atoms with Gasteiger partial charge >= 0.3 is 0 Å². The molecule has 0 bridgehead atoms. The Labute approximate surface area is 91.9 Å².